The largest absolute Gasteiger partial charge is 0.497 e. The number of carbonyl (C=O) groups is 1. The summed E-state index contributed by atoms with van der Waals surface area (Å²) >= 11 is 0. The summed E-state index contributed by atoms with van der Waals surface area (Å²) in [5.74, 6) is 1.89. The molecule has 2 aromatic rings. The van der Waals surface area contributed by atoms with Gasteiger partial charge in [0.15, 0.2) is 0 Å². The van der Waals surface area contributed by atoms with Crippen LogP contribution in [0.15, 0.2) is 42.5 Å². The molecule has 35 heavy (non-hydrogen) atoms. The zero-order chi connectivity index (χ0) is 24.6. The van der Waals surface area contributed by atoms with Gasteiger partial charge in [-0.1, -0.05) is 39.8 Å². The van der Waals surface area contributed by atoms with Gasteiger partial charge in [-0.15, -0.1) is 0 Å². The predicted octanol–water partition coefficient (Wildman–Crippen LogP) is 7.61. The van der Waals surface area contributed by atoms with E-state index in [1.165, 1.54) is 13.2 Å². The molecular weight excluding hydrogens is 470 g/mol. The van der Waals surface area contributed by atoms with Gasteiger partial charge < -0.3 is 14.2 Å². The van der Waals surface area contributed by atoms with Gasteiger partial charge in [0.1, 0.15) is 17.3 Å². The SMILES string of the molecule is CC.CC.COC(=O)CCc1cccc(OCC2CCC(c3cc(OC)ccc3F)CC2)c1.F.S. The molecule has 1 fully saturated rings. The van der Waals surface area contributed by atoms with E-state index >= 15 is 0 Å². The number of halogens is 2. The average molecular weight is 515 g/mol. The van der Waals surface area contributed by atoms with Gasteiger partial charge in [0.05, 0.1) is 20.8 Å². The highest BCUT2D eigenvalue weighted by atomic mass is 32.1. The molecule has 1 saturated carbocycles. The Labute approximate surface area is 217 Å². The Morgan fingerprint density at radius 2 is 1.60 bits per heavy atom. The fraction of sp³-hybridized carbons (Fsp3) is 0.536. The number of rotatable bonds is 8. The average Bonchev–Trinajstić information content (AvgIpc) is 2.89. The molecule has 200 valence electrons. The van der Waals surface area contributed by atoms with E-state index in [9.17, 15) is 9.18 Å². The van der Waals surface area contributed by atoms with Crippen LogP contribution in [-0.4, -0.2) is 26.8 Å². The second-order valence-electron chi connectivity index (χ2n) is 7.64. The van der Waals surface area contributed by atoms with Gasteiger partial charge in [0.2, 0.25) is 0 Å². The van der Waals surface area contributed by atoms with Crippen molar-refractivity contribution in [2.24, 2.45) is 5.92 Å². The maximum atomic E-state index is 14.2. The van der Waals surface area contributed by atoms with Gasteiger partial charge in [-0.25, -0.2) is 4.39 Å². The van der Waals surface area contributed by atoms with E-state index in [2.05, 4.69) is 4.74 Å². The summed E-state index contributed by atoms with van der Waals surface area (Å²) in [5.41, 5.74) is 1.83. The summed E-state index contributed by atoms with van der Waals surface area (Å²) in [7, 11) is 3.01. The van der Waals surface area contributed by atoms with Crippen LogP contribution >= 0.6 is 13.5 Å². The quantitative estimate of drug-likeness (QED) is 0.340. The Balaban J connectivity index is 0. The van der Waals surface area contributed by atoms with E-state index in [0.717, 1.165) is 42.6 Å². The zero-order valence-electron chi connectivity index (χ0n) is 22.1. The van der Waals surface area contributed by atoms with E-state index in [1.54, 1.807) is 13.2 Å². The Hall–Kier alpha value is -2.28. The molecule has 0 bridgehead atoms. The number of benzene rings is 2. The van der Waals surface area contributed by atoms with Gasteiger partial charge in [-0.2, -0.15) is 13.5 Å². The van der Waals surface area contributed by atoms with Crippen LogP contribution in [0, 0.1) is 11.7 Å². The topological polar surface area (TPSA) is 44.8 Å². The summed E-state index contributed by atoms with van der Waals surface area (Å²) < 4.78 is 30.2. The molecule has 0 spiro atoms. The molecule has 1 aliphatic carbocycles. The lowest BCUT2D eigenvalue weighted by molar-refractivity contribution is -0.140. The van der Waals surface area contributed by atoms with Crippen LogP contribution in [0.2, 0.25) is 0 Å². The standard InChI is InChI=1S/C24H29FO4.2C2H6.FH.H2S/c1-27-20-11-12-23(25)22(15-20)19-9-6-18(7-10-19)16-29-21-5-3-4-17(14-21)8-13-24(26)28-2;2*1-2;;/h3-5,11-12,14-15,18-19H,6-10,13,16H2,1-2H3;2*1-2H3;1H;1H2. The first kappa shape index (κ1) is 34.9. The van der Waals surface area contributed by atoms with E-state index in [-0.39, 0.29) is 35.9 Å². The van der Waals surface area contributed by atoms with Crippen LogP contribution in [0.1, 0.15) is 76.8 Å². The molecule has 1 aliphatic rings. The van der Waals surface area contributed by atoms with Crippen molar-refractivity contribution in [2.75, 3.05) is 20.8 Å². The molecule has 0 atom stereocenters. The van der Waals surface area contributed by atoms with Crippen molar-refractivity contribution in [3.05, 3.63) is 59.4 Å². The van der Waals surface area contributed by atoms with Crippen molar-refractivity contribution in [1.29, 1.82) is 0 Å². The maximum absolute atomic E-state index is 14.2. The van der Waals surface area contributed by atoms with Crippen LogP contribution in [0.25, 0.3) is 0 Å². The third-order valence-electron chi connectivity index (χ3n) is 5.72. The van der Waals surface area contributed by atoms with Crippen molar-refractivity contribution in [2.45, 2.75) is 72.1 Å². The second-order valence-corrected chi connectivity index (χ2v) is 7.64. The van der Waals surface area contributed by atoms with Gasteiger partial charge in [-0.3, -0.25) is 9.50 Å². The third-order valence-corrected chi connectivity index (χ3v) is 5.72. The summed E-state index contributed by atoms with van der Waals surface area (Å²) in [6.45, 7) is 8.66. The summed E-state index contributed by atoms with van der Waals surface area (Å²) in [6.07, 6.45) is 4.95. The monoisotopic (exact) mass is 514 g/mol. The Bertz CT molecular complexity index is 824. The molecule has 0 heterocycles. The first-order valence-corrected chi connectivity index (χ1v) is 12.2. The number of ether oxygens (including phenoxy) is 3. The van der Waals surface area contributed by atoms with Gasteiger partial charge >= 0.3 is 5.97 Å². The first-order chi connectivity index (χ1) is 16.1. The summed E-state index contributed by atoms with van der Waals surface area (Å²) in [6, 6.07) is 12.9. The van der Waals surface area contributed by atoms with Crippen LogP contribution < -0.4 is 9.47 Å². The van der Waals surface area contributed by atoms with Gasteiger partial charge in [0, 0.05) is 6.42 Å². The highest BCUT2D eigenvalue weighted by Gasteiger charge is 2.25. The molecule has 2 aromatic carbocycles. The molecule has 0 aromatic heterocycles. The van der Waals surface area contributed by atoms with Gasteiger partial charge in [-0.05, 0) is 85.4 Å². The third kappa shape index (κ3) is 11.8. The van der Waals surface area contributed by atoms with Crippen molar-refractivity contribution >= 4 is 19.5 Å². The number of aryl methyl sites for hydroxylation is 1. The Morgan fingerprint density at radius 1 is 0.943 bits per heavy atom. The van der Waals surface area contributed by atoms with Crippen LogP contribution in [0.4, 0.5) is 9.09 Å². The molecule has 7 heteroatoms. The number of methoxy groups -OCH3 is 2. The minimum atomic E-state index is -0.208. The molecule has 4 nitrogen and oxygen atoms in total. The van der Waals surface area contributed by atoms with Crippen molar-refractivity contribution in [3.8, 4) is 11.5 Å². The normalized spacial score (nSPS) is 16.0. The molecule has 3 rings (SSSR count). The lowest BCUT2D eigenvalue weighted by Gasteiger charge is -2.29. The Kier molecular flexibility index (Phi) is 19.9. The number of carbonyl (C=O) groups excluding carboxylic acids is 1. The van der Waals surface area contributed by atoms with E-state index < -0.39 is 0 Å². The minimum Gasteiger partial charge on any atom is -0.497 e. The van der Waals surface area contributed by atoms with E-state index in [1.807, 2.05) is 58.0 Å². The first-order valence-electron chi connectivity index (χ1n) is 12.2. The number of hydrogen-bond acceptors (Lipinski definition) is 4. The zero-order valence-corrected chi connectivity index (χ0v) is 23.1. The highest BCUT2D eigenvalue weighted by Crippen LogP contribution is 2.38. The number of esters is 1. The van der Waals surface area contributed by atoms with Crippen LogP contribution in [0.5, 0.6) is 11.5 Å². The van der Waals surface area contributed by atoms with Crippen molar-refractivity contribution < 1.29 is 28.1 Å². The summed E-state index contributed by atoms with van der Waals surface area (Å²) in [5, 5.41) is 0. The van der Waals surface area contributed by atoms with E-state index in [4.69, 9.17) is 9.47 Å². The molecule has 0 amide bonds. The van der Waals surface area contributed by atoms with Gasteiger partial charge in [0.25, 0.3) is 0 Å². The van der Waals surface area contributed by atoms with Crippen molar-refractivity contribution in [1.82, 2.24) is 0 Å². The highest BCUT2D eigenvalue weighted by molar-refractivity contribution is 7.59. The lowest BCUT2D eigenvalue weighted by atomic mass is 9.79. The molecule has 0 radical (unpaired) electrons. The molecule has 0 aliphatic heterocycles. The second kappa shape index (κ2) is 20.0. The van der Waals surface area contributed by atoms with Crippen LogP contribution in [0.3, 0.4) is 0 Å². The molecule has 0 N–H and O–H groups in total. The van der Waals surface area contributed by atoms with Crippen molar-refractivity contribution in [3.63, 3.8) is 0 Å². The van der Waals surface area contributed by atoms with E-state index in [0.29, 0.717) is 31.1 Å². The Morgan fingerprint density at radius 3 is 2.20 bits per heavy atom. The summed E-state index contributed by atoms with van der Waals surface area (Å²) in [4.78, 5) is 11.3. The molecule has 0 unspecified atom stereocenters. The fourth-order valence-corrected chi connectivity index (χ4v) is 3.96. The lowest BCUT2D eigenvalue weighted by Crippen LogP contribution is -2.20. The molecular formula is C28H44F2O4S. The maximum Gasteiger partial charge on any atom is 0.305 e. The smallest absolute Gasteiger partial charge is 0.305 e. The fourth-order valence-electron chi connectivity index (χ4n) is 3.96. The molecule has 0 saturated heterocycles. The van der Waals surface area contributed by atoms with Crippen LogP contribution in [-0.2, 0) is 16.0 Å². The predicted molar refractivity (Wildman–Crippen MR) is 146 cm³/mol. The minimum absolute atomic E-state index is 0. The number of hydrogen-bond donors (Lipinski definition) is 0.